The number of rotatable bonds is 2. The summed E-state index contributed by atoms with van der Waals surface area (Å²) in [6, 6.07) is 13.2. The largest absolute Gasteiger partial charge is 0.455 e. The Bertz CT molecular complexity index is 1020. The van der Waals surface area contributed by atoms with Crippen LogP contribution in [0.1, 0.15) is 27.7 Å². The van der Waals surface area contributed by atoms with E-state index in [9.17, 15) is 13.2 Å². The van der Waals surface area contributed by atoms with Crippen LogP contribution in [0.5, 0.6) is 0 Å². The van der Waals surface area contributed by atoms with Gasteiger partial charge in [-0.3, -0.25) is 4.79 Å². The summed E-state index contributed by atoms with van der Waals surface area (Å²) < 4.78 is 29.1. The first-order valence-electron chi connectivity index (χ1n) is 8.40. The number of sulfone groups is 1. The van der Waals surface area contributed by atoms with Crippen molar-refractivity contribution >= 4 is 36.7 Å². The van der Waals surface area contributed by atoms with E-state index in [2.05, 4.69) is 15.9 Å². The maximum atomic E-state index is 12.3. The van der Waals surface area contributed by atoms with Gasteiger partial charge in [0, 0.05) is 11.8 Å². The zero-order valence-corrected chi connectivity index (χ0v) is 17.9. The van der Waals surface area contributed by atoms with Crippen molar-refractivity contribution < 1.29 is 12.8 Å². The normalized spacial score (nSPS) is 10.4. The Hall–Kier alpha value is -1.92. The standard InChI is InChI=1S/C16H11BrO4S.2C2H6/c1-22(19,20)11-8-6-10(7-9-11)16-14(17)15(18)12-4-2-3-5-13(12)21-16;2*1-2/h2-9H,1H3;2*1-2H3. The fraction of sp³-hybridized carbons (Fsp3) is 0.250. The SMILES string of the molecule is CC.CC.CS(=O)(=O)c1ccc(-c2oc3ccccc3c(=O)c2Br)cc1. The predicted octanol–water partition coefficient (Wildman–Crippen LogP) is 5.68. The van der Waals surface area contributed by atoms with Crippen LogP contribution < -0.4 is 5.43 Å². The van der Waals surface area contributed by atoms with Crippen molar-refractivity contribution in [1.82, 2.24) is 0 Å². The quantitative estimate of drug-likeness (QED) is 0.516. The average Bonchev–Trinajstić information content (AvgIpc) is 2.67. The number of hydrogen-bond donors (Lipinski definition) is 0. The van der Waals surface area contributed by atoms with Gasteiger partial charge in [-0.05, 0) is 52.3 Å². The minimum atomic E-state index is -3.26. The van der Waals surface area contributed by atoms with E-state index in [0.717, 1.165) is 6.26 Å². The van der Waals surface area contributed by atoms with Crippen molar-refractivity contribution in [2.24, 2.45) is 0 Å². The smallest absolute Gasteiger partial charge is 0.207 e. The van der Waals surface area contributed by atoms with Gasteiger partial charge in [0.05, 0.1) is 10.3 Å². The minimum absolute atomic E-state index is 0.163. The molecule has 3 rings (SSSR count). The second kappa shape index (κ2) is 9.69. The van der Waals surface area contributed by atoms with Gasteiger partial charge < -0.3 is 4.42 Å². The highest BCUT2D eigenvalue weighted by atomic mass is 79.9. The van der Waals surface area contributed by atoms with Crippen LogP contribution in [0.4, 0.5) is 0 Å². The zero-order valence-electron chi connectivity index (χ0n) is 15.5. The second-order valence-electron chi connectivity index (χ2n) is 4.87. The molecule has 26 heavy (non-hydrogen) atoms. The van der Waals surface area contributed by atoms with Crippen LogP contribution in [-0.4, -0.2) is 14.7 Å². The third-order valence-corrected chi connectivity index (χ3v) is 5.14. The molecule has 0 aliphatic rings. The monoisotopic (exact) mass is 438 g/mol. The van der Waals surface area contributed by atoms with Gasteiger partial charge in [-0.15, -0.1) is 0 Å². The Morgan fingerprint density at radius 1 is 0.885 bits per heavy atom. The third-order valence-electron chi connectivity index (χ3n) is 3.29. The van der Waals surface area contributed by atoms with Crippen LogP contribution in [0.3, 0.4) is 0 Å². The third kappa shape index (κ3) is 4.83. The van der Waals surface area contributed by atoms with Crippen LogP contribution in [0.2, 0.25) is 0 Å². The highest BCUT2D eigenvalue weighted by Crippen LogP contribution is 2.29. The molecule has 0 unspecified atom stereocenters. The summed E-state index contributed by atoms with van der Waals surface area (Å²) in [6.45, 7) is 8.00. The molecule has 4 nitrogen and oxygen atoms in total. The molecule has 1 heterocycles. The summed E-state index contributed by atoms with van der Waals surface area (Å²) in [4.78, 5) is 12.6. The molecule has 0 fully saturated rings. The lowest BCUT2D eigenvalue weighted by Gasteiger charge is -2.06. The van der Waals surface area contributed by atoms with E-state index in [4.69, 9.17) is 4.42 Å². The molecular formula is C20H23BrO4S. The number of fused-ring (bicyclic) bond motifs is 1. The van der Waals surface area contributed by atoms with E-state index in [0.29, 0.717) is 26.8 Å². The van der Waals surface area contributed by atoms with Crippen molar-refractivity contribution in [2.75, 3.05) is 6.26 Å². The number of para-hydroxylation sites is 1. The topological polar surface area (TPSA) is 64.3 Å². The first-order chi connectivity index (χ1) is 12.4. The zero-order chi connectivity index (χ0) is 19.9. The van der Waals surface area contributed by atoms with E-state index in [1.165, 1.54) is 12.1 Å². The van der Waals surface area contributed by atoms with Crippen molar-refractivity contribution in [3.05, 3.63) is 63.2 Å². The summed E-state index contributed by atoms with van der Waals surface area (Å²) in [5, 5.41) is 0.492. The summed E-state index contributed by atoms with van der Waals surface area (Å²) in [5.74, 6) is 0.378. The van der Waals surface area contributed by atoms with Gasteiger partial charge in [0.25, 0.3) is 0 Å². The van der Waals surface area contributed by atoms with Crippen LogP contribution in [0.25, 0.3) is 22.3 Å². The molecule has 0 bridgehead atoms. The van der Waals surface area contributed by atoms with Gasteiger partial charge in [0.2, 0.25) is 5.43 Å². The first kappa shape index (κ1) is 22.1. The van der Waals surface area contributed by atoms with E-state index >= 15 is 0 Å². The number of halogens is 1. The molecule has 0 radical (unpaired) electrons. The fourth-order valence-corrected chi connectivity index (χ4v) is 3.31. The van der Waals surface area contributed by atoms with Gasteiger partial charge in [-0.1, -0.05) is 39.8 Å². The lowest BCUT2D eigenvalue weighted by molar-refractivity contribution is 0.601. The Morgan fingerprint density at radius 3 is 1.96 bits per heavy atom. The highest BCUT2D eigenvalue weighted by Gasteiger charge is 2.14. The van der Waals surface area contributed by atoms with Gasteiger partial charge in [0.1, 0.15) is 10.1 Å². The molecule has 0 atom stereocenters. The summed E-state index contributed by atoms with van der Waals surface area (Å²) in [6.07, 6.45) is 1.15. The van der Waals surface area contributed by atoms with Gasteiger partial charge in [-0.25, -0.2) is 8.42 Å². The van der Waals surface area contributed by atoms with Crippen LogP contribution in [0, 0.1) is 0 Å². The summed E-state index contributed by atoms with van der Waals surface area (Å²) in [5.41, 5.74) is 0.948. The van der Waals surface area contributed by atoms with Crippen molar-refractivity contribution in [3.8, 4) is 11.3 Å². The Morgan fingerprint density at radius 2 is 1.42 bits per heavy atom. The molecule has 0 saturated carbocycles. The van der Waals surface area contributed by atoms with E-state index < -0.39 is 9.84 Å². The Kier molecular flexibility index (Phi) is 8.24. The molecule has 6 heteroatoms. The number of benzene rings is 2. The van der Waals surface area contributed by atoms with E-state index in [1.807, 2.05) is 27.7 Å². The lowest BCUT2D eigenvalue weighted by Crippen LogP contribution is -2.04. The molecule has 0 spiro atoms. The molecule has 2 aromatic carbocycles. The molecule has 0 amide bonds. The van der Waals surface area contributed by atoms with Gasteiger partial charge in [0.15, 0.2) is 15.6 Å². The van der Waals surface area contributed by atoms with Crippen molar-refractivity contribution in [2.45, 2.75) is 32.6 Å². The molecule has 0 aliphatic carbocycles. The predicted molar refractivity (Wildman–Crippen MR) is 111 cm³/mol. The summed E-state index contributed by atoms with van der Waals surface area (Å²) >= 11 is 3.27. The van der Waals surface area contributed by atoms with Crippen LogP contribution >= 0.6 is 15.9 Å². The minimum Gasteiger partial charge on any atom is -0.455 e. The van der Waals surface area contributed by atoms with Gasteiger partial charge in [-0.2, -0.15) is 0 Å². The fourth-order valence-electron chi connectivity index (χ4n) is 2.16. The Balaban J connectivity index is 0.000000791. The van der Waals surface area contributed by atoms with Crippen LogP contribution in [0.15, 0.2) is 67.1 Å². The molecule has 0 saturated heterocycles. The maximum Gasteiger partial charge on any atom is 0.207 e. The molecule has 140 valence electrons. The molecule has 3 aromatic rings. The first-order valence-corrected chi connectivity index (χ1v) is 11.1. The molecule has 0 aliphatic heterocycles. The highest BCUT2D eigenvalue weighted by molar-refractivity contribution is 9.10. The van der Waals surface area contributed by atoms with E-state index in [-0.39, 0.29) is 10.3 Å². The molecule has 1 aromatic heterocycles. The van der Waals surface area contributed by atoms with E-state index in [1.54, 1.807) is 36.4 Å². The molecular weight excluding hydrogens is 416 g/mol. The second-order valence-corrected chi connectivity index (χ2v) is 7.68. The lowest BCUT2D eigenvalue weighted by atomic mass is 10.1. The Labute approximate surface area is 162 Å². The van der Waals surface area contributed by atoms with Gasteiger partial charge >= 0.3 is 0 Å². The average molecular weight is 439 g/mol. The van der Waals surface area contributed by atoms with Crippen molar-refractivity contribution in [1.29, 1.82) is 0 Å². The van der Waals surface area contributed by atoms with Crippen LogP contribution in [-0.2, 0) is 9.84 Å². The molecule has 0 N–H and O–H groups in total. The summed E-state index contributed by atoms with van der Waals surface area (Å²) in [7, 11) is -3.26. The maximum absolute atomic E-state index is 12.3. The van der Waals surface area contributed by atoms with Crippen molar-refractivity contribution in [3.63, 3.8) is 0 Å². The number of hydrogen-bond acceptors (Lipinski definition) is 4.